The molecule has 0 spiro atoms. The molecule has 0 aromatic heterocycles. The molecule has 0 bridgehead atoms. The van der Waals surface area contributed by atoms with Gasteiger partial charge in [0.05, 0.1) is 0 Å². The summed E-state index contributed by atoms with van der Waals surface area (Å²) in [5.41, 5.74) is 2.30. The summed E-state index contributed by atoms with van der Waals surface area (Å²) in [7, 11) is 0. The molecule has 0 aliphatic carbocycles. The van der Waals surface area contributed by atoms with Crippen LogP contribution >= 0.6 is 0 Å². The maximum atomic E-state index is 12.3. The summed E-state index contributed by atoms with van der Waals surface area (Å²) in [6.45, 7) is 1.61. The molecule has 0 heterocycles. The Morgan fingerprint density at radius 1 is 0.633 bits per heavy atom. The fraction of sp³-hybridized carbons (Fsp3) is 0.0870. The van der Waals surface area contributed by atoms with Gasteiger partial charge in [0.2, 0.25) is 5.91 Å². The van der Waals surface area contributed by atoms with E-state index in [1.807, 2.05) is 24.3 Å². The number of anilines is 3. The average Bonchev–Trinajstić information content (AvgIpc) is 2.76. The number of urea groups is 1. The number of hydrogen-bond acceptors (Lipinski definition) is 3. The van der Waals surface area contributed by atoms with Gasteiger partial charge >= 0.3 is 6.03 Å². The normalized spacial score (nSPS) is 11.1. The van der Waals surface area contributed by atoms with Gasteiger partial charge in [-0.1, -0.05) is 36.4 Å². The minimum absolute atomic E-state index is 0.317. The summed E-state index contributed by atoms with van der Waals surface area (Å²) in [5.74, 6) is -0.663. The number of amides is 4. The fourth-order valence-corrected chi connectivity index (χ4v) is 2.64. The van der Waals surface area contributed by atoms with Gasteiger partial charge < -0.3 is 21.3 Å². The molecule has 3 aromatic carbocycles. The minimum Gasteiger partial charge on any atom is -0.341 e. The van der Waals surface area contributed by atoms with Crippen molar-refractivity contribution in [3.63, 3.8) is 0 Å². The van der Waals surface area contributed by atoms with Crippen LogP contribution in [0.25, 0.3) is 0 Å². The average molecular weight is 402 g/mol. The highest BCUT2D eigenvalue weighted by molar-refractivity contribution is 6.02. The summed E-state index contributed by atoms with van der Waals surface area (Å²) in [5, 5.41) is 10.8. The van der Waals surface area contributed by atoms with Crippen molar-refractivity contribution in [2.24, 2.45) is 0 Å². The monoisotopic (exact) mass is 402 g/mol. The quantitative estimate of drug-likeness (QED) is 0.500. The first-order valence-electron chi connectivity index (χ1n) is 9.41. The SMILES string of the molecule is CC(NC(=O)c1ccccc1)C(=O)Nc1ccc(NC(=O)Nc2ccccc2)cc1. The van der Waals surface area contributed by atoms with E-state index < -0.39 is 6.04 Å². The topological polar surface area (TPSA) is 99.3 Å². The highest BCUT2D eigenvalue weighted by Crippen LogP contribution is 2.15. The molecule has 4 N–H and O–H groups in total. The number of nitrogens with one attached hydrogen (secondary N) is 4. The standard InChI is InChI=1S/C23H22N4O3/c1-16(24-22(29)17-8-4-2-5-9-17)21(28)25-19-12-14-20(15-13-19)27-23(30)26-18-10-6-3-7-11-18/h2-16H,1H3,(H,24,29)(H,25,28)(H2,26,27,30). The predicted molar refractivity (Wildman–Crippen MR) is 118 cm³/mol. The van der Waals surface area contributed by atoms with Crippen molar-refractivity contribution in [3.8, 4) is 0 Å². The molecule has 3 rings (SSSR count). The van der Waals surface area contributed by atoms with Gasteiger partial charge in [-0.05, 0) is 55.5 Å². The third-order valence-electron chi connectivity index (χ3n) is 4.22. The number of para-hydroxylation sites is 1. The zero-order valence-corrected chi connectivity index (χ0v) is 16.4. The van der Waals surface area contributed by atoms with Crippen LogP contribution in [0.15, 0.2) is 84.9 Å². The zero-order valence-electron chi connectivity index (χ0n) is 16.4. The van der Waals surface area contributed by atoms with Gasteiger partial charge in [0.1, 0.15) is 6.04 Å². The van der Waals surface area contributed by atoms with Crippen molar-refractivity contribution in [2.75, 3.05) is 16.0 Å². The second-order valence-electron chi connectivity index (χ2n) is 6.57. The third kappa shape index (κ3) is 5.93. The number of hydrogen-bond donors (Lipinski definition) is 4. The first-order chi connectivity index (χ1) is 14.5. The Hall–Kier alpha value is -4.13. The second kappa shape index (κ2) is 9.88. The number of carbonyl (C=O) groups excluding carboxylic acids is 3. The molecule has 1 unspecified atom stereocenters. The van der Waals surface area contributed by atoms with E-state index in [2.05, 4.69) is 21.3 Å². The van der Waals surface area contributed by atoms with E-state index in [-0.39, 0.29) is 17.8 Å². The van der Waals surface area contributed by atoms with Gasteiger partial charge in [0.15, 0.2) is 0 Å². The third-order valence-corrected chi connectivity index (χ3v) is 4.22. The van der Waals surface area contributed by atoms with Crippen LogP contribution < -0.4 is 21.3 Å². The summed E-state index contributed by atoms with van der Waals surface area (Å²) in [6.07, 6.45) is 0. The fourth-order valence-electron chi connectivity index (χ4n) is 2.64. The van der Waals surface area contributed by atoms with E-state index in [4.69, 9.17) is 0 Å². The van der Waals surface area contributed by atoms with Gasteiger partial charge in [-0.2, -0.15) is 0 Å². The first-order valence-corrected chi connectivity index (χ1v) is 9.41. The van der Waals surface area contributed by atoms with E-state index in [1.165, 1.54) is 0 Å². The summed E-state index contributed by atoms with van der Waals surface area (Å²) >= 11 is 0. The van der Waals surface area contributed by atoms with Gasteiger partial charge in [-0.25, -0.2) is 4.79 Å². The Kier molecular flexibility index (Phi) is 6.78. The van der Waals surface area contributed by atoms with Crippen LogP contribution in [-0.2, 0) is 4.79 Å². The molecule has 4 amide bonds. The Labute approximate surface area is 174 Å². The van der Waals surface area contributed by atoms with E-state index >= 15 is 0 Å². The van der Waals surface area contributed by atoms with E-state index in [1.54, 1.807) is 67.6 Å². The minimum atomic E-state index is -0.716. The summed E-state index contributed by atoms with van der Waals surface area (Å²) < 4.78 is 0. The van der Waals surface area contributed by atoms with Crippen LogP contribution in [0.4, 0.5) is 21.9 Å². The Morgan fingerprint density at radius 2 is 1.10 bits per heavy atom. The van der Waals surface area contributed by atoms with Crippen LogP contribution in [0.2, 0.25) is 0 Å². The van der Waals surface area contributed by atoms with Crippen molar-refractivity contribution in [1.82, 2.24) is 5.32 Å². The first kappa shape index (κ1) is 20.6. The van der Waals surface area contributed by atoms with Crippen LogP contribution in [-0.4, -0.2) is 23.9 Å². The van der Waals surface area contributed by atoms with Crippen molar-refractivity contribution in [1.29, 1.82) is 0 Å². The maximum Gasteiger partial charge on any atom is 0.323 e. The second-order valence-corrected chi connectivity index (χ2v) is 6.57. The van der Waals surface area contributed by atoms with Crippen LogP contribution in [0.5, 0.6) is 0 Å². The molecule has 0 aliphatic rings. The van der Waals surface area contributed by atoms with E-state index in [0.717, 1.165) is 0 Å². The van der Waals surface area contributed by atoms with Crippen molar-refractivity contribution in [3.05, 3.63) is 90.5 Å². The lowest BCUT2D eigenvalue weighted by Crippen LogP contribution is -2.41. The zero-order chi connectivity index (χ0) is 21.3. The van der Waals surface area contributed by atoms with Crippen molar-refractivity contribution in [2.45, 2.75) is 13.0 Å². The molecule has 7 nitrogen and oxygen atoms in total. The molecule has 0 radical (unpaired) electrons. The molecular weight excluding hydrogens is 380 g/mol. The van der Waals surface area contributed by atoms with Crippen LogP contribution in [0.1, 0.15) is 17.3 Å². The molecule has 152 valence electrons. The van der Waals surface area contributed by atoms with Crippen molar-refractivity contribution < 1.29 is 14.4 Å². The van der Waals surface area contributed by atoms with E-state index in [9.17, 15) is 14.4 Å². The molecule has 0 saturated carbocycles. The summed E-state index contributed by atoms with van der Waals surface area (Å²) in [4.78, 5) is 36.5. The van der Waals surface area contributed by atoms with Crippen LogP contribution in [0.3, 0.4) is 0 Å². The van der Waals surface area contributed by atoms with E-state index in [0.29, 0.717) is 22.6 Å². The summed E-state index contributed by atoms with van der Waals surface area (Å²) in [6, 6.07) is 23.4. The van der Waals surface area contributed by atoms with Crippen LogP contribution in [0, 0.1) is 0 Å². The maximum absolute atomic E-state index is 12.3. The molecule has 0 saturated heterocycles. The highest BCUT2D eigenvalue weighted by Gasteiger charge is 2.16. The Balaban J connectivity index is 1.50. The molecule has 0 fully saturated rings. The van der Waals surface area contributed by atoms with Gasteiger partial charge in [-0.15, -0.1) is 0 Å². The van der Waals surface area contributed by atoms with Gasteiger partial charge in [0.25, 0.3) is 5.91 Å². The smallest absolute Gasteiger partial charge is 0.323 e. The van der Waals surface area contributed by atoms with Crippen molar-refractivity contribution >= 4 is 34.9 Å². The largest absolute Gasteiger partial charge is 0.341 e. The lowest BCUT2D eigenvalue weighted by molar-refractivity contribution is -0.117. The molecule has 1 atom stereocenters. The highest BCUT2D eigenvalue weighted by atomic mass is 16.2. The number of carbonyl (C=O) groups is 3. The number of rotatable bonds is 6. The van der Waals surface area contributed by atoms with Gasteiger partial charge in [0, 0.05) is 22.6 Å². The Bertz CT molecular complexity index is 1010. The molecular formula is C23H22N4O3. The molecule has 7 heteroatoms. The lowest BCUT2D eigenvalue weighted by atomic mass is 10.2. The Morgan fingerprint density at radius 3 is 1.67 bits per heavy atom. The van der Waals surface area contributed by atoms with Gasteiger partial charge in [-0.3, -0.25) is 9.59 Å². The molecule has 3 aromatic rings. The predicted octanol–water partition coefficient (Wildman–Crippen LogP) is 4.09. The molecule has 30 heavy (non-hydrogen) atoms. The lowest BCUT2D eigenvalue weighted by Gasteiger charge is -2.14. The molecule has 0 aliphatic heterocycles. The number of benzene rings is 3.